The molecule has 2 heteroatoms. The minimum atomic E-state index is 0.982. The van der Waals surface area contributed by atoms with Crippen LogP contribution in [0.5, 0.6) is 0 Å². The van der Waals surface area contributed by atoms with E-state index in [4.69, 9.17) is 0 Å². The molecule has 2 aliphatic heterocycles. The molecule has 2 aliphatic rings. The molecular formula is C12H24N2. The van der Waals surface area contributed by atoms with Crippen molar-refractivity contribution in [1.29, 1.82) is 0 Å². The predicted molar refractivity (Wildman–Crippen MR) is 60.4 cm³/mol. The Bertz CT molecular complexity index is 164. The normalized spacial score (nSPS) is 36.6. The Morgan fingerprint density at radius 3 is 2.64 bits per heavy atom. The molecular weight excluding hydrogens is 172 g/mol. The van der Waals surface area contributed by atoms with E-state index < -0.39 is 0 Å². The molecule has 0 bridgehead atoms. The van der Waals surface area contributed by atoms with Gasteiger partial charge in [0.1, 0.15) is 0 Å². The Balaban J connectivity index is 1.83. The van der Waals surface area contributed by atoms with E-state index in [1.165, 1.54) is 58.3 Å². The fourth-order valence-electron chi connectivity index (χ4n) is 3.02. The summed E-state index contributed by atoms with van der Waals surface area (Å²) < 4.78 is 0. The number of rotatable bonds is 1. The second kappa shape index (κ2) is 5.13. The second-order valence-electron chi connectivity index (χ2n) is 5.10. The SMILES string of the molecule is CN1CCCC(C2CCCNC2)CC1. The molecule has 0 saturated carbocycles. The van der Waals surface area contributed by atoms with E-state index in [0.29, 0.717) is 0 Å². The topological polar surface area (TPSA) is 15.3 Å². The van der Waals surface area contributed by atoms with Gasteiger partial charge in [-0.1, -0.05) is 0 Å². The van der Waals surface area contributed by atoms with Gasteiger partial charge in [0.05, 0.1) is 0 Å². The minimum absolute atomic E-state index is 0.982. The Morgan fingerprint density at radius 2 is 1.86 bits per heavy atom. The van der Waals surface area contributed by atoms with Gasteiger partial charge < -0.3 is 10.2 Å². The van der Waals surface area contributed by atoms with Crippen molar-refractivity contribution < 1.29 is 0 Å². The lowest BCUT2D eigenvalue weighted by molar-refractivity contribution is 0.239. The van der Waals surface area contributed by atoms with Crippen molar-refractivity contribution in [3.05, 3.63) is 0 Å². The summed E-state index contributed by atoms with van der Waals surface area (Å²) in [4.78, 5) is 2.50. The van der Waals surface area contributed by atoms with Crippen LogP contribution in [0, 0.1) is 11.8 Å². The van der Waals surface area contributed by atoms with Crippen LogP contribution in [-0.2, 0) is 0 Å². The van der Waals surface area contributed by atoms with Crippen LogP contribution in [0.1, 0.15) is 32.1 Å². The Morgan fingerprint density at radius 1 is 1.00 bits per heavy atom. The molecule has 2 heterocycles. The number of nitrogens with one attached hydrogen (secondary N) is 1. The molecule has 1 N–H and O–H groups in total. The maximum atomic E-state index is 3.55. The van der Waals surface area contributed by atoms with E-state index in [-0.39, 0.29) is 0 Å². The Labute approximate surface area is 88.1 Å². The average Bonchev–Trinajstić information content (AvgIpc) is 2.44. The van der Waals surface area contributed by atoms with Crippen molar-refractivity contribution in [2.24, 2.45) is 11.8 Å². The third-order valence-electron chi connectivity index (χ3n) is 4.00. The highest BCUT2D eigenvalue weighted by molar-refractivity contribution is 4.79. The van der Waals surface area contributed by atoms with Gasteiger partial charge in [-0.3, -0.25) is 0 Å². The maximum absolute atomic E-state index is 3.55. The van der Waals surface area contributed by atoms with E-state index in [2.05, 4.69) is 17.3 Å². The van der Waals surface area contributed by atoms with Gasteiger partial charge in [0.15, 0.2) is 0 Å². The van der Waals surface area contributed by atoms with Crippen LogP contribution in [-0.4, -0.2) is 38.1 Å². The van der Waals surface area contributed by atoms with Gasteiger partial charge in [-0.15, -0.1) is 0 Å². The van der Waals surface area contributed by atoms with Gasteiger partial charge in [0.2, 0.25) is 0 Å². The quantitative estimate of drug-likeness (QED) is 0.687. The van der Waals surface area contributed by atoms with Crippen LogP contribution in [0.15, 0.2) is 0 Å². The molecule has 0 aromatic carbocycles. The molecule has 2 fully saturated rings. The van der Waals surface area contributed by atoms with Gasteiger partial charge in [-0.25, -0.2) is 0 Å². The number of nitrogens with zero attached hydrogens (tertiary/aromatic N) is 1. The van der Waals surface area contributed by atoms with Crippen molar-refractivity contribution >= 4 is 0 Å². The van der Waals surface area contributed by atoms with Crippen molar-refractivity contribution in [1.82, 2.24) is 10.2 Å². The third kappa shape index (κ3) is 2.71. The summed E-state index contributed by atoms with van der Waals surface area (Å²) in [5, 5.41) is 3.55. The largest absolute Gasteiger partial charge is 0.316 e. The number of hydrogen-bond acceptors (Lipinski definition) is 2. The number of likely N-dealkylation sites (tertiary alicyclic amines) is 1. The molecule has 0 spiro atoms. The Hall–Kier alpha value is -0.0800. The van der Waals surface area contributed by atoms with Crippen LogP contribution >= 0.6 is 0 Å². The summed E-state index contributed by atoms with van der Waals surface area (Å²) in [6.07, 6.45) is 7.19. The first-order valence-electron chi connectivity index (χ1n) is 6.25. The number of hydrogen-bond donors (Lipinski definition) is 1. The monoisotopic (exact) mass is 196 g/mol. The molecule has 0 aromatic heterocycles. The fourth-order valence-corrected chi connectivity index (χ4v) is 3.02. The maximum Gasteiger partial charge on any atom is -0.00179 e. The summed E-state index contributed by atoms with van der Waals surface area (Å²) in [6.45, 7) is 5.18. The molecule has 14 heavy (non-hydrogen) atoms. The van der Waals surface area contributed by atoms with Crippen molar-refractivity contribution in [3.63, 3.8) is 0 Å². The highest BCUT2D eigenvalue weighted by atomic mass is 15.1. The van der Waals surface area contributed by atoms with Gasteiger partial charge in [0.25, 0.3) is 0 Å². The van der Waals surface area contributed by atoms with Gasteiger partial charge in [-0.05, 0) is 77.2 Å². The molecule has 0 amide bonds. The van der Waals surface area contributed by atoms with Crippen LogP contribution < -0.4 is 5.32 Å². The van der Waals surface area contributed by atoms with Crippen molar-refractivity contribution in [3.8, 4) is 0 Å². The highest BCUT2D eigenvalue weighted by Crippen LogP contribution is 2.28. The summed E-state index contributed by atoms with van der Waals surface area (Å²) in [7, 11) is 2.27. The average molecular weight is 196 g/mol. The highest BCUT2D eigenvalue weighted by Gasteiger charge is 2.24. The third-order valence-corrected chi connectivity index (χ3v) is 4.00. The fraction of sp³-hybridized carbons (Fsp3) is 1.00. The second-order valence-corrected chi connectivity index (χ2v) is 5.10. The van der Waals surface area contributed by atoms with E-state index in [1.807, 2.05) is 0 Å². The van der Waals surface area contributed by atoms with Gasteiger partial charge >= 0.3 is 0 Å². The van der Waals surface area contributed by atoms with E-state index >= 15 is 0 Å². The van der Waals surface area contributed by atoms with Crippen LogP contribution in [0.2, 0.25) is 0 Å². The minimum Gasteiger partial charge on any atom is -0.316 e. The first-order chi connectivity index (χ1) is 6.86. The molecule has 2 rings (SSSR count). The van der Waals surface area contributed by atoms with E-state index in [9.17, 15) is 0 Å². The van der Waals surface area contributed by atoms with E-state index in [0.717, 1.165) is 11.8 Å². The Kier molecular flexibility index (Phi) is 3.82. The standard InChI is InChI=1S/C12H24N2/c1-14-8-3-5-11(6-9-14)12-4-2-7-13-10-12/h11-13H,2-10H2,1H3. The lowest BCUT2D eigenvalue weighted by atomic mass is 9.82. The van der Waals surface area contributed by atoms with Crippen LogP contribution in [0.3, 0.4) is 0 Å². The molecule has 2 unspecified atom stereocenters. The number of piperidine rings is 1. The molecule has 2 saturated heterocycles. The van der Waals surface area contributed by atoms with Gasteiger partial charge in [-0.2, -0.15) is 0 Å². The molecule has 82 valence electrons. The molecule has 0 aliphatic carbocycles. The summed E-state index contributed by atoms with van der Waals surface area (Å²) >= 11 is 0. The van der Waals surface area contributed by atoms with Crippen molar-refractivity contribution in [2.45, 2.75) is 32.1 Å². The predicted octanol–water partition coefficient (Wildman–Crippen LogP) is 1.72. The zero-order valence-corrected chi connectivity index (χ0v) is 9.47. The lowest BCUT2D eigenvalue weighted by Gasteiger charge is -2.30. The zero-order valence-electron chi connectivity index (χ0n) is 9.47. The molecule has 0 radical (unpaired) electrons. The molecule has 2 atom stereocenters. The van der Waals surface area contributed by atoms with Crippen molar-refractivity contribution in [2.75, 3.05) is 33.2 Å². The van der Waals surface area contributed by atoms with Gasteiger partial charge in [0, 0.05) is 0 Å². The smallest absolute Gasteiger partial charge is 0.00179 e. The molecule has 2 nitrogen and oxygen atoms in total. The first kappa shape index (κ1) is 10.4. The van der Waals surface area contributed by atoms with Crippen LogP contribution in [0.25, 0.3) is 0 Å². The zero-order chi connectivity index (χ0) is 9.80. The summed E-state index contributed by atoms with van der Waals surface area (Å²) in [5.41, 5.74) is 0. The first-order valence-corrected chi connectivity index (χ1v) is 6.25. The summed E-state index contributed by atoms with van der Waals surface area (Å²) in [6, 6.07) is 0. The summed E-state index contributed by atoms with van der Waals surface area (Å²) in [5.74, 6) is 1.99. The van der Waals surface area contributed by atoms with Crippen LogP contribution in [0.4, 0.5) is 0 Å². The lowest BCUT2D eigenvalue weighted by Crippen LogP contribution is -2.34. The van der Waals surface area contributed by atoms with E-state index in [1.54, 1.807) is 0 Å². The molecule has 0 aromatic rings.